The predicted octanol–water partition coefficient (Wildman–Crippen LogP) is 1.05. The summed E-state index contributed by atoms with van der Waals surface area (Å²) >= 11 is 0. The molecule has 7 heteroatoms. The fourth-order valence-corrected chi connectivity index (χ4v) is 4.48. The molecule has 0 spiro atoms. The highest BCUT2D eigenvalue weighted by atomic mass is 32.2. The summed E-state index contributed by atoms with van der Waals surface area (Å²) in [6.45, 7) is -0.0653. The molecule has 2 rings (SSSR count). The number of nitrogens with zero attached hydrogens (tertiary/aromatic N) is 2. The molecule has 0 unspecified atom stereocenters. The third-order valence-corrected chi connectivity index (χ3v) is 5.56. The number of sulfonamides is 1. The van der Waals surface area contributed by atoms with E-state index in [4.69, 9.17) is 0 Å². The van der Waals surface area contributed by atoms with Gasteiger partial charge in [-0.25, -0.2) is 13.4 Å². The van der Waals surface area contributed by atoms with E-state index in [0.717, 1.165) is 25.7 Å². The van der Waals surface area contributed by atoms with Gasteiger partial charge in [-0.3, -0.25) is 0 Å². The maximum Gasteiger partial charge on any atom is 0.262 e. The third kappa shape index (κ3) is 2.94. The van der Waals surface area contributed by atoms with Crippen molar-refractivity contribution < 1.29 is 13.5 Å². The Morgan fingerprint density at radius 2 is 2.15 bits per heavy atom. The van der Waals surface area contributed by atoms with E-state index in [1.165, 1.54) is 10.5 Å². The van der Waals surface area contributed by atoms with E-state index in [-0.39, 0.29) is 24.2 Å². The molecule has 1 fully saturated rings. The molecule has 0 saturated heterocycles. The fourth-order valence-electron chi connectivity index (χ4n) is 2.69. The van der Waals surface area contributed by atoms with Gasteiger partial charge >= 0.3 is 0 Å². The molecule has 2 N–H and O–H groups in total. The van der Waals surface area contributed by atoms with Crippen LogP contribution in [0.4, 0.5) is 5.69 Å². The van der Waals surface area contributed by atoms with Gasteiger partial charge in [0.05, 0.1) is 12.3 Å². The van der Waals surface area contributed by atoms with E-state index in [9.17, 15) is 13.5 Å². The number of hydrogen-bond acceptors (Lipinski definition) is 5. The number of aliphatic hydroxyl groups is 1. The average Bonchev–Trinajstić information content (AvgIpc) is 2.98. The second kappa shape index (κ2) is 6.51. The van der Waals surface area contributed by atoms with E-state index in [0.29, 0.717) is 5.69 Å². The van der Waals surface area contributed by atoms with Gasteiger partial charge in [0.2, 0.25) is 0 Å². The first-order valence-corrected chi connectivity index (χ1v) is 8.30. The van der Waals surface area contributed by atoms with Crippen LogP contribution in [0.25, 0.3) is 0 Å². The van der Waals surface area contributed by atoms with Crippen LogP contribution in [0.1, 0.15) is 25.7 Å². The molecule has 1 aromatic heterocycles. The predicted molar refractivity (Wildman–Crippen MR) is 77.0 cm³/mol. The van der Waals surface area contributed by atoms with Gasteiger partial charge in [-0.15, -0.1) is 0 Å². The molecule has 0 aromatic carbocycles. The summed E-state index contributed by atoms with van der Waals surface area (Å²) in [5, 5.41) is 12.1. The summed E-state index contributed by atoms with van der Waals surface area (Å²) in [4.78, 5) is 4.02. The van der Waals surface area contributed by atoms with E-state index in [1.54, 1.807) is 19.2 Å². The zero-order chi connectivity index (χ0) is 14.6. The second-order valence-electron chi connectivity index (χ2n) is 4.88. The van der Waals surface area contributed by atoms with Gasteiger partial charge < -0.3 is 10.4 Å². The van der Waals surface area contributed by atoms with E-state index in [2.05, 4.69) is 10.3 Å². The summed E-state index contributed by atoms with van der Waals surface area (Å²) in [6.07, 6.45) is 5.23. The van der Waals surface area contributed by atoms with Crippen molar-refractivity contribution in [3.63, 3.8) is 0 Å². The van der Waals surface area contributed by atoms with Crippen molar-refractivity contribution in [1.82, 2.24) is 9.29 Å². The molecule has 0 bridgehead atoms. The molecule has 0 radical (unpaired) electrons. The van der Waals surface area contributed by atoms with Crippen molar-refractivity contribution in [2.75, 3.05) is 25.5 Å². The molecule has 1 aliphatic rings. The number of aliphatic hydroxyl groups excluding tert-OH is 1. The monoisotopic (exact) mass is 299 g/mol. The molecule has 20 heavy (non-hydrogen) atoms. The first-order valence-electron chi connectivity index (χ1n) is 6.86. The van der Waals surface area contributed by atoms with Crippen LogP contribution in [-0.2, 0) is 10.0 Å². The molecular weight excluding hydrogens is 278 g/mol. The Bertz CT molecular complexity index is 542. The molecule has 0 aliphatic heterocycles. The maximum atomic E-state index is 12.8. The van der Waals surface area contributed by atoms with Crippen molar-refractivity contribution in [2.45, 2.75) is 36.8 Å². The van der Waals surface area contributed by atoms with Crippen LogP contribution in [0, 0.1) is 0 Å². The van der Waals surface area contributed by atoms with Crippen LogP contribution >= 0.6 is 0 Å². The van der Waals surface area contributed by atoms with Gasteiger partial charge in [-0.1, -0.05) is 12.8 Å². The SMILES string of the molecule is CNc1cccnc1S(=O)(=O)N(CCO)C1CCCC1. The lowest BCUT2D eigenvalue weighted by molar-refractivity contribution is 0.226. The Morgan fingerprint density at radius 1 is 1.45 bits per heavy atom. The molecule has 1 aromatic rings. The zero-order valence-corrected chi connectivity index (χ0v) is 12.4. The topological polar surface area (TPSA) is 82.5 Å². The van der Waals surface area contributed by atoms with E-state index >= 15 is 0 Å². The van der Waals surface area contributed by atoms with Crippen LogP contribution in [0.15, 0.2) is 23.4 Å². The molecule has 1 saturated carbocycles. The van der Waals surface area contributed by atoms with Gasteiger partial charge in [0, 0.05) is 25.8 Å². The molecule has 1 heterocycles. The largest absolute Gasteiger partial charge is 0.395 e. The number of anilines is 1. The summed E-state index contributed by atoms with van der Waals surface area (Å²) in [5.74, 6) is 0. The molecular formula is C13H21N3O3S. The first kappa shape index (κ1) is 15.2. The van der Waals surface area contributed by atoms with E-state index in [1.807, 2.05) is 0 Å². The lowest BCUT2D eigenvalue weighted by atomic mass is 10.2. The number of aromatic nitrogens is 1. The van der Waals surface area contributed by atoms with Gasteiger partial charge in [-0.2, -0.15) is 4.31 Å². The minimum absolute atomic E-state index is 0.0288. The average molecular weight is 299 g/mol. The first-order chi connectivity index (χ1) is 9.61. The van der Waals surface area contributed by atoms with Crippen LogP contribution in [0.2, 0.25) is 0 Å². The Kier molecular flexibility index (Phi) is 4.95. The zero-order valence-electron chi connectivity index (χ0n) is 11.6. The Balaban J connectivity index is 2.39. The Morgan fingerprint density at radius 3 is 2.75 bits per heavy atom. The van der Waals surface area contributed by atoms with Crippen molar-refractivity contribution in [3.8, 4) is 0 Å². The van der Waals surface area contributed by atoms with Crippen LogP contribution in [0.5, 0.6) is 0 Å². The standard InChI is InChI=1S/C13H21N3O3S/c1-14-12-7-4-8-15-13(12)20(18,19)16(9-10-17)11-5-2-3-6-11/h4,7-8,11,14,17H,2-3,5-6,9-10H2,1H3. The normalized spacial score (nSPS) is 16.8. The number of pyridine rings is 1. The van der Waals surface area contributed by atoms with Crippen LogP contribution in [0.3, 0.4) is 0 Å². The minimum atomic E-state index is -3.69. The Hall–Kier alpha value is -1.18. The van der Waals surface area contributed by atoms with Gasteiger partial charge in [0.1, 0.15) is 0 Å². The Labute approximate surface area is 119 Å². The smallest absolute Gasteiger partial charge is 0.262 e. The number of hydrogen-bond donors (Lipinski definition) is 2. The minimum Gasteiger partial charge on any atom is -0.395 e. The van der Waals surface area contributed by atoms with Crippen molar-refractivity contribution in [3.05, 3.63) is 18.3 Å². The summed E-state index contributed by atoms with van der Waals surface area (Å²) in [7, 11) is -2.02. The van der Waals surface area contributed by atoms with Crippen molar-refractivity contribution >= 4 is 15.7 Å². The van der Waals surface area contributed by atoms with Gasteiger partial charge in [0.15, 0.2) is 5.03 Å². The quantitative estimate of drug-likeness (QED) is 0.820. The van der Waals surface area contributed by atoms with E-state index < -0.39 is 10.0 Å². The highest BCUT2D eigenvalue weighted by Gasteiger charge is 2.34. The summed E-state index contributed by atoms with van der Waals surface area (Å²) < 4.78 is 27.0. The number of nitrogens with one attached hydrogen (secondary N) is 1. The summed E-state index contributed by atoms with van der Waals surface area (Å²) in [6, 6.07) is 3.35. The molecule has 0 amide bonds. The van der Waals surface area contributed by atoms with Crippen molar-refractivity contribution in [1.29, 1.82) is 0 Å². The van der Waals surface area contributed by atoms with Crippen LogP contribution in [-0.4, -0.2) is 49.1 Å². The molecule has 6 nitrogen and oxygen atoms in total. The third-order valence-electron chi connectivity index (χ3n) is 3.65. The maximum absolute atomic E-state index is 12.8. The summed E-state index contributed by atoms with van der Waals surface area (Å²) in [5.41, 5.74) is 0.480. The van der Waals surface area contributed by atoms with Gasteiger partial charge in [0.25, 0.3) is 10.0 Å². The molecule has 112 valence electrons. The molecule has 0 atom stereocenters. The van der Waals surface area contributed by atoms with Crippen LogP contribution < -0.4 is 5.32 Å². The molecule has 1 aliphatic carbocycles. The second-order valence-corrected chi connectivity index (χ2v) is 6.69. The lowest BCUT2D eigenvalue weighted by Gasteiger charge is -2.27. The van der Waals surface area contributed by atoms with Gasteiger partial charge in [-0.05, 0) is 25.0 Å². The highest BCUT2D eigenvalue weighted by Crippen LogP contribution is 2.30. The van der Waals surface area contributed by atoms with Crippen molar-refractivity contribution in [2.24, 2.45) is 0 Å². The highest BCUT2D eigenvalue weighted by molar-refractivity contribution is 7.89. The number of rotatable bonds is 6. The lowest BCUT2D eigenvalue weighted by Crippen LogP contribution is -2.41. The fraction of sp³-hybridized carbons (Fsp3) is 0.615.